The third-order valence-corrected chi connectivity index (χ3v) is 4.76. The molecule has 0 aliphatic rings. The first kappa shape index (κ1) is 22.9. The van der Waals surface area contributed by atoms with Crippen LogP contribution in [0.15, 0.2) is 46.2 Å². The van der Waals surface area contributed by atoms with Gasteiger partial charge in [0.25, 0.3) is 5.56 Å². The summed E-state index contributed by atoms with van der Waals surface area (Å²) in [6.45, 7) is 0. The number of aromatic nitrogens is 5. The molecule has 0 aliphatic carbocycles. The molecule has 2 aromatic heterocycles. The van der Waals surface area contributed by atoms with Crippen molar-refractivity contribution in [2.24, 2.45) is 10.7 Å². The zero-order valence-electron chi connectivity index (χ0n) is 17.3. The van der Waals surface area contributed by atoms with Crippen LogP contribution in [0.3, 0.4) is 0 Å². The molecule has 0 radical (unpaired) electrons. The normalized spacial score (nSPS) is 12.6. The molecule has 0 amide bonds. The number of nitrogens with two attached hydrogens (primary N) is 1. The van der Waals surface area contributed by atoms with Crippen LogP contribution in [0.2, 0.25) is 0 Å². The van der Waals surface area contributed by atoms with Crippen LogP contribution in [0.4, 0.5) is 13.2 Å². The molecule has 0 saturated carbocycles. The van der Waals surface area contributed by atoms with Gasteiger partial charge in [-0.25, -0.2) is 0 Å². The van der Waals surface area contributed by atoms with Crippen LogP contribution in [0, 0.1) is 0 Å². The van der Waals surface area contributed by atoms with Gasteiger partial charge in [-0.1, -0.05) is 24.3 Å². The number of nitrogens with zero attached hydrogens (tertiary/aromatic N) is 4. The lowest BCUT2D eigenvalue weighted by molar-refractivity contribution is -0.135. The molecular formula is C21H22F3N7O. The second-order valence-electron chi connectivity index (χ2n) is 7.08. The maximum atomic E-state index is 12.8. The Kier molecular flexibility index (Phi) is 7.18. The molecular weight excluding hydrogens is 423 g/mol. The monoisotopic (exact) mass is 445 g/mol. The number of nitrogens with one attached hydrogen (secondary N) is 2. The van der Waals surface area contributed by atoms with Crippen LogP contribution in [0.5, 0.6) is 0 Å². The molecule has 1 aromatic carbocycles. The molecule has 168 valence electrons. The highest BCUT2D eigenvalue weighted by Gasteiger charge is 2.25. The summed E-state index contributed by atoms with van der Waals surface area (Å²) < 4.78 is 36.8. The summed E-state index contributed by atoms with van der Waals surface area (Å²) in [6.07, 6.45) is -0.761. The zero-order chi connectivity index (χ0) is 23.1. The van der Waals surface area contributed by atoms with Crippen LogP contribution in [-0.2, 0) is 6.42 Å². The molecule has 2 heterocycles. The smallest absolute Gasteiger partial charge is 0.389 e. The molecule has 0 fully saturated rings. The summed E-state index contributed by atoms with van der Waals surface area (Å²) in [7, 11) is 1.60. The van der Waals surface area contributed by atoms with Gasteiger partial charge in [0, 0.05) is 36.6 Å². The summed E-state index contributed by atoms with van der Waals surface area (Å²) in [6, 6.07) is 8.97. The number of halogens is 3. The van der Waals surface area contributed by atoms with E-state index < -0.39 is 18.2 Å². The minimum absolute atomic E-state index is 0.0894. The van der Waals surface area contributed by atoms with Crippen molar-refractivity contribution >= 4 is 11.9 Å². The SMILES string of the molecule is CN=CC=C(N)c1cc(-c2ccc(CCCCC(F)(F)F)cc2)[nH]c(=O)c1-c1nn[nH]n1. The van der Waals surface area contributed by atoms with Crippen molar-refractivity contribution in [1.29, 1.82) is 0 Å². The van der Waals surface area contributed by atoms with E-state index in [2.05, 4.69) is 30.6 Å². The van der Waals surface area contributed by atoms with E-state index in [9.17, 15) is 18.0 Å². The standard InChI is InChI=1S/C21H22F3N7O/c1-26-11-9-16(25)15-12-17(27-20(32)18(15)19-28-30-31-29-19)14-7-5-13(6-8-14)4-2-3-10-21(22,23)24/h5-9,11-12H,2-4,10,25H2,1H3,(H,27,32)(H,28,29,30,31). The summed E-state index contributed by atoms with van der Waals surface area (Å²) in [4.78, 5) is 19.5. The largest absolute Gasteiger partial charge is 0.398 e. The number of pyridine rings is 1. The average molecular weight is 445 g/mol. The van der Waals surface area contributed by atoms with Gasteiger partial charge in [0.05, 0.1) is 5.56 Å². The number of unbranched alkanes of at least 4 members (excludes halogenated alkanes) is 1. The Morgan fingerprint density at radius 3 is 2.59 bits per heavy atom. The summed E-state index contributed by atoms with van der Waals surface area (Å²) in [5, 5.41) is 13.6. The zero-order valence-corrected chi connectivity index (χ0v) is 17.3. The minimum atomic E-state index is -4.12. The molecule has 11 heteroatoms. The molecule has 0 bridgehead atoms. The number of tetrazole rings is 1. The third-order valence-electron chi connectivity index (χ3n) is 4.76. The van der Waals surface area contributed by atoms with Crippen molar-refractivity contribution in [3.8, 4) is 22.6 Å². The van der Waals surface area contributed by atoms with Crippen molar-refractivity contribution in [1.82, 2.24) is 25.6 Å². The molecule has 8 nitrogen and oxygen atoms in total. The Hall–Kier alpha value is -3.76. The number of H-pyrrole nitrogens is 2. The Morgan fingerprint density at radius 1 is 1.22 bits per heavy atom. The van der Waals surface area contributed by atoms with E-state index in [1.165, 1.54) is 6.21 Å². The van der Waals surface area contributed by atoms with Crippen LogP contribution < -0.4 is 11.3 Å². The fourth-order valence-electron chi connectivity index (χ4n) is 3.18. The van der Waals surface area contributed by atoms with Crippen molar-refractivity contribution in [2.45, 2.75) is 31.9 Å². The molecule has 0 saturated heterocycles. The van der Waals surface area contributed by atoms with E-state index in [1.807, 2.05) is 12.1 Å². The van der Waals surface area contributed by atoms with Crippen LogP contribution >= 0.6 is 0 Å². The van der Waals surface area contributed by atoms with Gasteiger partial charge >= 0.3 is 6.18 Å². The minimum Gasteiger partial charge on any atom is -0.398 e. The Labute approximate surface area is 181 Å². The van der Waals surface area contributed by atoms with Crippen LogP contribution in [0.1, 0.15) is 30.4 Å². The van der Waals surface area contributed by atoms with E-state index in [1.54, 1.807) is 31.3 Å². The lowest BCUT2D eigenvalue weighted by Crippen LogP contribution is -2.15. The number of allylic oxidation sites excluding steroid dienone is 1. The summed E-state index contributed by atoms with van der Waals surface area (Å²) in [5.74, 6) is 0.104. The number of aromatic amines is 2. The van der Waals surface area contributed by atoms with Gasteiger partial charge in [0.2, 0.25) is 5.82 Å². The van der Waals surface area contributed by atoms with Gasteiger partial charge in [-0.2, -0.15) is 18.4 Å². The van der Waals surface area contributed by atoms with Crippen LogP contribution in [-0.4, -0.2) is 45.0 Å². The molecule has 4 N–H and O–H groups in total. The first-order valence-corrected chi connectivity index (χ1v) is 9.84. The van der Waals surface area contributed by atoms with Gasteiger partial charge in [-0.05, 0) is 47.7 Å². The fraction of sp³-hybridized carbons (Fsp3) is 0.286. The first-order valence-electron chi connectivity index (χ1n) is 9.84. The number of benzene rings is 1. The number of rotatable bonds is 8. The molecule has 32 heavy (non-hydrogen) atoms. The predicted molar refractivity (Wildman–Crippen MR) is 116 cm³/mol. The van der Waals surface area contributed by atoms with Crippen molar-refractivity contribution in [2.75, 3.05) is 7.05 Å². The summed E-state index contributed by atoms with van der Waals surface area (Å²) >= 11 is 0. The number of hydrogen-bond acceptors (Lipinski definition) is 6. The lowest BCUT2D eigenvalue weighted by Gasteiger charge is -2.10. The first-order chi connectivity index (χ1) is 15.3. The highest BCUT2D eigenvalue weighted by Crippen LogP contribution is 2.26. The van der Waals surface area contributed by atoms with E-state index in [-0.39, 0.29) is 17.8 Å². The topological polar surface area (TPSA) is 126 Å². The Bertz CT molecular complexity index is 1150. The quantitative estimate of drug-likeness (QED) is 0.361. The second kappa shape index (κ2) is 10.0. The molecule has 0 unspecified atom stereocenters. The lowest BCUT2D eigenvalue weighted by atomic mass is 10.00. The third kappa shape index (κ3) is 5.90. The van der Waals surface area contributed by atoms with E-state index >= 15 is 0 Å². The maximum absolute atomic E-state index is 12.8. The summed E-state index contributed by atoms with van der Waals surface area (Å²) in [5.41, 5.74) is 8.77. The fourth-order valence-corrected chi connectivity index (χ4v) is 3.18. The average Bonchev–Trinajstić information content (AvgIpc) is 3.28. The van der Waals surface area contributed by atoms with Gasteiger partial charge in [0.1, 0.15) is 0 Å². The van der Waals surface area contributed by atoms with Crippen LogP contribution in [0.25, 0.3) is 28.3 Å². The van der Waals surface area contributed by atoms with Gasteiger partial charge in [0.15, 0.2) is 0 Å². The van der Waals surface area contributed by atoms with Crippen molar-refractivity contribution in [3.05, 3.63) is 57.9 Å². The van der Waals surface area contributed by atoms with E-state index in [4.69, 9.17) is 5.73 Å². The highest BCUT2D eigenvalue weighted by molar-refractivity contribution is 5.88. The number of alkyl halides is 3. The van der Waals surface area contributed by atoms with E-state index in [0.29, 0.717) is 29.8 Å². The van der Waals surface area contributed by atoms with Gasteiger partial charge in [-0.3, -0.25) is 9.79 Å². The number of aryl methyl sites for hydroxylation is 1. The number of hydrogen-bond donors (Lipinski definition) is 3. The molecule has 3 rings (SSSR count). The Balaban J connectivity index is 1.88. The molecule has 0 spiro atoms. The highest BCUT2D eigenvalue weighted by atomic mass is 19.4. The molecule has 3 aromatic rings. The maximum Gasteiger partial charge on any atom is 0.389 e. The second-order valence-corrected chi connectivity index (χ2v) is 7.08. The number of aliphatic imine (C=N–C) groups is 1. The van der Waals surface area contributed by atoms with Crippen molar-refractivity contribution in [3.63, 3.8) is 0 Å². The predicted octanol–water partition coefficient (Wildman–Crippen LogP) is 3.50. The van der Waals surface area contributed by atoms with Gasteiger partial charge < -0.3 is 10.7 Å². The molecule has 0 atom stereocenters. The Morgan fingerprint density at radius 2 is 1.97 bits per heavy atom. The van der Waals surface area contributed by atoms with Crippen molar-refractivity contribution < 1.29 is 13.2 Å². The van der Waals surface area contributed by atoms with Gasteiger partial charge in [-0.15, -0.1) is 10.2 Å². The molecule has 0 aliphatic heterocycles. The van der Waals surface area contributed by atoms with E-state index in [0.717, 1.165) is 11.1 Å².